The summed E-state index contributed by atoms with van der Waals surface area (Å²) < 4.78 is 10.2. The van der Waals surface area contributed by atoms with Crippen molar-refractivity contribution in [2.75, 3.05) is 39.7 Å². The van der Waals surface area contributed by atoms with E-state index in [1.54, 1.807) is 6.92 Å². The predicted molar refractivity (Wildman–Crippen MR) is 115 cm³/mol. The van der Waals surface area contributed by atoms with E-state index in [0.717, 1.165) is 19.3 Å². The van der Waals surface area contributed by atoms with Gasteiger partial charge >= 0.3 is 12.1 Å². The maximum atomic E-state index is 12.4. The fourth-order valence-electron chi connectivity index (χ4n) is 2.70. The molecule has 7 nitrogen and oxygen atoms in total. The van der Waals surface area contributed by atoms with E-state index >= 15 is 0 Å². The Balaban J connectivity index is 4.01. The van der Waals surface area contributed by atoms with E-state index in [2.05, 4.69) is 6.92 Å². The number of unbranched alkanes of at least 4 members (excludes halogenated alkanes) is 7. The van der Waals surface area contributed by atoms with E-state index < -0.39 is 18.1 Å². The molecule has 8 heteroatoms. The summed E-state index contributed by atoms with van der Waals surface area (Å²) in [4.78, 5) is 38.7. The third-order valence-corrected chi connectivity index (χ3v) is 5.00. The van der Waals surface area contributed by atoms with Gasteiger partial charge in [0.05, 0.1) is 13.2 Å². The van der Waals surface area contributed by atoms with Crippen LogP contribution in [0, 0.1) is 0 Å². The van der Waals surface area contributed by atoms with Crippen molar-refractivity contribution < 1.29 is 23.9 Å². The molecule has 0 aromatic carbocycles. The van der Waals surface area contributed by atoms with Gasteiger partial charge in [-0.2, -0.15) is 0 Å². The topological polar surface area (TPSA) is 76.2 Å². The highest BCUT2D eigenvalue weighted by Gasteiger charge is 2.27. The smallest absolute Gasteiger partial charge is 0.410 e. The van der Waals surface area contributed by atoms with Gasteiger partial charge in [-0.05, 0) is 19.8 Å². The fourth-order valence-corrected chi connectivity index (χ4v) is 2.81. The van der Waals surface area contributed by atoms with Crippen LogP contribution in [0.5, 0.6) is 0 Å². The normalized spacial score (nSPS) is 11.6. The van der Waals surface area contributed by atoms with Crippen molar-refractivity contribution >= 4 is 29.6 Å². The Morgan fingerprint density at radius 2 is 1.41 bits per heavy atom. The van der Waals surface area contributed by atoms with Crippen molar-refractivity contribution in [1.29, 1.82) is 0 Å². The average Bonchev–Trinajstić information content (AvgIpc) is 2.70. The Bertz CT molecular complexity index is 476. The van der Waals surface area contributed by atoms with Gasteiger partial charge in [0.15, 0.2) is 0 Å². The van der Waals surface area contributed by atoms with Crippen LogP contribution in [-0.2, 0) is 19.1 Å². The zero-order valence-electron chi connectivity index (χ0n) is 18.6. The number of rotatable bonds is 16. The summed E-state index contributed by atoms with van der Waals surface area (Å²) in [6.07, 6.45) is 9.34. The minimum Gasteiger partial charge on any atom is -0.464 e. The van der Waals surface area contributed by atoms with Gasteiger partial charge in [-0.1, -0.05) is 51.9 Å². The first kappa shape index (κ1) is 27.5. The average molecular weight is 435 g/mol. The van der Waals surface area contributed by atoms with E-state index in [1.807, 2.05) is 0 Å². The standard InChI is InChI=1S/C21H39ClN2O5/c1-5-6-7-8-9-10-11-12-15-28-19(25)17-23(3)20(26)18(2)24(4)21(27)29-16-13-14-22/h18H,5-17H2,1-4H3. The molecule has 170 valence electrons. The molecule has 0 aromatic heterocycles. The first-order valence-electron chi connectivity index (χ1n) is 10.7. The summed E-state index contributed by atoms with van der Waals surface area (Å²) >= 11 is 5.54. The fraction of sp³-hybridized carbons (Fsp3) is 0.857. The minimum atomic E-state index is -0.746. The summed E-state index contributed by atoms with van der Waals surface area (Å²) in [6, 6.07) is -0.746. The number of alkyl halides is 1. The van der Waals surface area contributed by atoms with E-state index in [0.29, 0.717) is 18.9 Å². The lowest BCUT2D eigenvalue weighted by Gasteiger charge is -2.27. The molecule has 0 fully saturated rings. The van der Waals surface area contributed by atoms with E-state index in [9.17, 15) is 14.4 Å². The number of carbonyl (C=O) groups excluding carboxylic acids is 3. The molecule has 0 aliphatic rings. The third kappa shape index (κ3) is 13.4. The summed E-state index contributed by atoms with van der Waals surface area (Å²) in [7, 11) is 3.00. The first-order valence-corrected chi connectivity index (χ1v) is 11.2. The van der Waals surface area contributed by atoms with Gasteiger partial charge in [0.25, 0.3) is 0 Å². The number of nitrogens with zero attached hydrogens (tertiary/aromatic N) is 2. The van der Waals surface area contributed by atoms with Crippen LogP contribution in [0.25, 0.3) is 0 Å². The van der Waals surface area contributed by atoms with Gasteiger partial charge in [-0.25, -0.2) is 4.79 Å². The Morgan fingerprint density at radius 3 is 2.00 bits per heavy atom. The summed E-state index contributed by atoms with van der Waals surface area (Å²) in [6.45, 7) is 4.23. The minimum absolute atomic E-state index is 0.144. The maximum Gasteiger partial charge on any atom is 0.410 e. The number of hydrogen-bond donors (Lipinski definition) is 0. The van der Waals surface area contributed by atoms with Crippen molar-refractivity contribution in [2.45, 2.75) is 77.7 Å². The van der Waals surface area contributed by atoms with Crippen molar-refractivity contribution in [3.8, 4) is 0 Å². The Labute approximate surface area is 181 Å². The molecular formula is C21H39ClN2O5. The molecule has 1 atom stereocenters. The van der Waals surface area contributed by atoms with Crippen LogP contribution in [0.15, 0.2) is 0 Å². The zero-order valence-corrected chi connectivity index (χ0v) is 19.3. The molecule has 0 rings (SSSR count). The van der Waals surface area contributed by atoms with Gasteiger partial charge in [-0.15, -0.1) is 11.6 Å². The first-order chi connectivity index (χ1) is 13.8. The van der Waals surface area contributed by atoms with Crippen LogP contribution < -0.4 is 0 Å². The lowest BCUT2D eigenvalue weighted by Crippen LogP contribution is -2.48. The SMILES string of the molecule is CCCCCCCCCCOC(=O)CN(C)C(=O)C(C)N(C)C(=O)OCCCCl. The monoisotopic (exact) mass is 434 g/mol. The molecule has 0 bridgehead atoms. The van der Waals surface area contributed by atoms with Crippen LogP contribution in [0.1, 0.15) is 71.6 Å². The van der Waals surface area contributed by atoms with E-state index in [-0.39, 0.29) is 19.1 Å². The number of carbonyl (C=O) groups is 3. The number of amides is 2. The highest BCUT2D eigenvalue weighted by Crippen LogP contribution is 2.08. The number of likely N-dealkylation sites (N-methyl/N-ethyl adjacent to an activating group) is 2. The number of ether oxygens (including phenoxy) is 2. The molecule has 0 radical (unpaired) electrons. The van der Waals surface area contributed by atoms with Gasteiger partial charge in [0.1, 0.15) is 12.6 Å². The number of hydrogen-bond acceptors (Lipinski definition) is 5. The second-order valence-corrected chi connectivity index (χ2v) is 7.71. The lowest BCUT2D eigenvalue weighted by atomic mass is 10.1. The van der Waals surface area contributed by atoms with Gasteiger partial charge in [-0.3, -0.25) is 14.5 Å². The molecule has 1 unspecified atom stereocenters. The van der Waals surface area contributed by atoms with Crippen LogP contribution in [0.4, 0.5) is 4.79 Å². The Hall–Kier alpha value is -1.50. The molecular weight excluding hydrogens is 396 g/mol. The van der Waals surface area contributed by atoms with E-state index in [1.165, 1.54) is 56.0 Å². The Morgan fingerprint density at radius 1 is 0.862 bits per heavy atom. The maximum absolute atomic E-state index is 12.4. The van der Waals surface area contributed by atoms with E-state index in [4.69, 9.17) is 21.1 Å². The van der Waals surface area contributed by atoms with Crippen molar-refractivity contribution in [2.24, 2.45) is 0 Å². The molecule has 0 saturated heterocycles. The highest BCUT2D eigenvalue weighted by atomic mass is 35.5. The molecule has 0 aliphatic heterocycles. The lowest BCUT2D eigenvalue weighted by molar-refractivity contribution is -0.149. The van der Waals surface area contributed by atoms with Crippen LogP contribution in [0.2, 0.25) is 0 Å². The van der Waals surface area contributed by atoms with Gasteiger partial charge in [0.2, 0.25) is 5.91 Å². The molecule has 0 spiro atoms. The zero-order chi connectivity index (χ0) is 22.1. The molecule has 0 aromatic rings. The molecule has 29 heavy (non-hydrogen) atoms. The quantitative estimate of drug-likeness (QED) is 0.206. The highest BCUT2D eigenvalue weighted by molar-refractivity contribution is 6.17. The predicted octanol–water partition coefficient (Wildman–Crippen LogP) is 4.21. The molecule has 2 amide bonds. The van der Waals surface area contributed by atoms with Crippen LogP contribution in [0.3, 0.4) is 0 Å². The summed E-state index contributed by atoms with van der Waals surface area (Å²) in [5.74, 6) is -0.399. The summed E-state index contributed by atoms with van der Waals surface area (Å²) in [5.41, 5.74) is 0. The number of esters is 1. The van der Waals surface area contributed by atoms with Gasteiger partial charge in [0, 0.05) is 20.0 Å². The van der Waals surface area contributed by atoms with Crippen molar-refractivity contribution in [3.63, 3.8) is 0 Å². The number of halogens is 1. The van der Waals surface area contributed by atoms with Gasteiger partial charge < -0.3 is 14.4 Å². The second kappa shape index (κ2) is 17.4. The summed E-state index contributed by atoms with van der Waals surface area (Å²) in [5, 5.41) is 0. The van der Waals surface area contributed by atoms with Crippen molar-refractivity contribution in [3.05, 3.63) is 0 Å². The molecule has 0 heterocycles. The molecule has 0 saturated carbocycles. The largest absolute Gasteiger partial charge is 0.464 e. The molecule has 0 N–H and O–H groups in total. The molecule has 0 aliphatic carbocycles. The van der Waals surface area contributed by atoms with Crippen molar-refractivity contribution in [1.82, 2.24) is 9.80 Å². The second-order valence-electron chi connectivity index (χ2n) is 7.33. The van der Waals surface area contributed by atoms with Crippen LogP contribution >= 0.6 is 11.6 Å². The van der Waals surface area contributed by atoms with Crippen LogP contribution in [-0.4, -0.2) is 73.5 Å². The third-order valence-electron chi connectivity index (χ3n) is 4.73. The Kier molecular flexibility index (Phi) is 16.5.